The molecule has 6 heteroatoms. The highest BCUT2D eigenvalue weighted by molar-refractivity contribution is 7.09. The first-order valence-electron chi connectivity index (χ1n) is 5.15. The van der Waals surface area contributed by atoms with E-state index >= 15 is 0 Å². The lowest BCUT2D eigenvalue weighted by Crippen LogP contribution is -2.16. The molecular formula is C10H14N4OS. The van der Waals surface area contributed by atoms with E-state index in [1.54, 1.807) is 11.3 Å². The van der Waals surface area contributed by atoms with Crippen molar-refractivity contribution < 1.29 is 4.52 Å². The summed E-state index contributed by atoms with van der Waals surface area (Å²) in [7, 11) is 0. The number of aromatic nitrogens is 3. The van der Waals surface area contributed by atoms with E-state index in [0.29, 0.717) is 11.7 Å². The van der Waals surface area contributed by atoms with Crippen LogP contribution in [0.4, 0.5) is 0 Å². The first kappa shape index (κ1) is 11.2. The third-order valence-electron chi connectivity index (χ3n) is 2.03. The molecule has 0 aromatic carbocycles. The van der Waals surface area contributed by atoms with E-state index in [1.807, 2.05) is 13.8 Å². The Hall–Kier alpha value is -1.27. The molecule has 2 aromatic rings. The number of hydrogen-bond acceptors (Lipinski definition) is 6. The van der Waals surface area contributed by atoms with Gasteiger partial charge in [0.05, 0.1) is 0 Å². The van der Waals surface area contributed by atoms with Crippen LogP contribution < -0.4 is 5.32 Å². The maximum Gasteiger partial charge on any atom is 0.227 e. The van der Waals surface area contributed by atoms with Crippen LogP contribution in [-0.2, 0) is 13.0 Å². The van der Waals surface area contributed by atoms with Gasteiger partial charge in [-0.05, 0) is 13.8 Å². The standard InChI is InChI=1S/C10H14N4OS/c1-7-6-16-10(12-7)5-11-4-3-9-13-8(2)14-15-9/h6,11H,3-5H2,1-2H3. The molecule has 0 unspecified atom stereocenters. The van der Waals surface area contributed by atoms with Gasteiger partial charge in [-0.1, -0.05) is 5.16 Å². The third kappa shape index (κ3) is 3.11. The van der Waals surface area contributed by atoms with Crippen molar-refractivity contribution in [1.82, 2.24) is 20.4 Å². The van der Waals surface area contributed by atoms with E-state index in [9.17, 15) is 0 Å². The van der Waals surface area contributed by atoms with Crippen molar-refractivity contribution in [2.24, 2.45) is 0 Å². The Labute approximate surface area is 97.9 Å². The molecule has 1 N–H and O–H groups in total. The van der Waals surface area contributed by atoms with E-state index in [2.05, 4.69) is 25.8 Å². The predicted octanol–water partition coefficient (Wildman–Crippen LogP) is 1.48. The quantitative estimate of drug-likeness (QED) is 0.799. The highest BCUT2D eigenvalue weighted by Crippen LogP contribution is 2.07. The highest BCUT2D eigenvalue weighted by atomic mass is 32.1. The second-order valence-electron chi connectivity index (χ2n) is 3.54. The van der Waals surface area contributed by atoms with Crippen molar-refractivity contribution >= 4 is 11.3 Å². The average molecular weight is 238 g/mol. The number of hydrogen-bond donors (Lipinski definition) is 1. The maximum atomic E-state index is 5.01. The molecule has 2 aromatic heterocycles. The molecule has 16 heavy (non-hydrogen) atoms. The zero-order valence-corrected chi connectivity index (χ0v) is 10.2. The van der Waals surface area contributed by atoms with Crippen LogP contribution in [0.2, 0.25) is 0 Å². The summed E-state index contributed by atoms with van der Waals surface area (Å²) in [5.74, 6) is 1.37. The van der Waals surface area contributed by atoms with Crippen LogP contribution in [0.1, 0.15) is 22.4 Å². The molecule has 86 valence electrons. The molecule has 0 aliphatic heterocycles. The van der Waals surface area contributed by atoms with E-state index in [-0.39, 0.29) is 0 Å². The minimum Gasteiger partial charge on any atom is -0.339 e. The van der Waals surface area contributed by atoms with E-state index in [1.165, 1.54) is 0 Å². The summed E-state index contributed by atoms with van der Waals surface area (Å²) in [5, 5.41) is 10.2. The maximum absolute atomic E-state index is 5.01. The second kappa shape index (κ2) is 5.18. The summed E-state index contributed by atoms with van der Waals surface area (Å²) in [4.78, 5) is 8.49. The Morgan fingerprint density at radius 3 is 2.88 bits per heavy atom. The Morgan fingerprint density at radius 1 is 1.38 bits per heavy atom. The van der Waals surface area contributed by atoms with Gasteiger partial charge in [0, 0.05) is 30.6 Å². The van der Waals surface area contributed by atoms with Crippen LogP contribution >= 0.6 is 11.3 Å². The summed E-state index contributed by atoms with van der Waals surface area (Å²) in [6.45, 7) is 5.44. The fourth-order valence-corrected chi connectivity index (χ4v) is 2.06. The molecule has 2 heterocycles. The summed E-state index contributed by atoms with van der Waals surface area (Å²) >= 11 is 1.67. The smallest absolute Gasteiger partial charge is 0.227 e. The molecular weight excluding hydrogens is 224 g/mol. The van der Waals surface area contributed by atoms with Crippen LogP contribution in [0.15, 0.2) is 9.90 Å². The Morgan fingerprint density at radius 2 is 2.25 bits per heavy atom. The fraction of sp³-hybridized carbons (Fsp3) is 0.500. The van der Waals surface area contributed by atoms with Crippen LogP contribution in [0.25, 0.3) is 0 Å². The molecule has 0 saturated heterocycles. The SMILES string of the molecule is Cc1csc(CNCCc2nc(C)no2)n1. The minimum absolute atomic E-state index is 0.681. The average Bonchev–Trinajstić information content (AvgIpc) is 2.83. The van der Waals surface area contributed by atoms with Gasteiger partial charge < -0.3 is 9.84 Å². The number of nitrogens with zero attached hydrogens (tertiary/aromatic N) is 3. The van der Waals surface area contributed by atoms with E-state index < -0.39 is 0 Å². The van der Waals surface area contributed by atoms with Crippen molar-refractivity contribution in [1.29, 1.82) is 0 Å². The van der Waals surface area contributed by atoms with Crippen molar-refractivity contribution in [2.45, 2.75) is 26.8 Å². The van der Waals surface area contributed by atoms with Gasteiger partial charge in [-0.25, -0.2) is 4.98 Å². The van der Waals surface area contributed by atoms with Crippen molar-refractivity contribution in [3.8, 4) is 0 Å². The summed E-state index contributed by atoms with van der Waals surface area (Å²) in [6.07, 6.45) is 0.755. The molecule has 0 fully saturated rings. The fourth-order valence-electron chi connectivity index (χ4n) is 1.32. The summed E-state index contributed by atoms with van der Waals surface area (Å²) in [5.41, 5.74) is 1.08. The van der Waals surface area contributed by atoms with Gasteiger partial charge >= 0.3 is 0 Å². The zero-order chi connectivity index (χ0) is 11.4. The van der Waals surface area contributed by atoms with E-state index in [0.717, 1.165) is 30.2 Å². The van der Waals surface area contributed by atoms with Gasteiger partial charge in [-0.2, -0.15) is 4.98 Å². The van der Waals surface area contributed by atoms with Crippen molar-refractivity contribution in [3.05, 3.63) is 27.8 Å². The summed E-state index contributed by atoms with van der Waals surface area (Å²) in [6, 6.07) is 0. The number of rotatable bonds is 5. The molecule has 0 aliphatic rings. The minimum atomic E-state index is 0.681. The second-order valence-corrected chi connectivity index (χ2v) is 4.49. The van der Waals surface area contributed by atoms with Gasteiger partial charge in [0.1, 0.15) is 5.01 Å². The van der Waals surface area contributed by atoms with Gasteiger partial charge in [-0.15, -0.1) is 11.3 Å². The molecule has 0 radical (unpaired) electrons. The molecule has 0 bridgehead atoms. The van der Waals surface area contributed by atoms with Crippen LogP contribution in [-0.4, -0.2) is 21.7 Å². The zero-order valence-electron chi connectivity index (χ0n) is 9.36. The van der Waals surface area contributed by atoms with Gasteiger partial charge in [-0.3, -0.25) is 0 Å². The largest absolute Gasteiger partial charge is 0.339 e. The number of aryl methyl sites for hydroxylation is 2. The van der Waals surface area contributed by atoms with Gasteiger partial charge in [0.25, 0.3) is 0 Å². The third-order valence-corrected chi connectivity index (χ3v) is 2.99. The normalized spacial score (nSPS) is 10.9. The first-order chi connectivity index (χ1) is 7.74. The van der Waals surface area contributed by atoms with Crippen LogP contribution in [0, 0.1) is 13.8 Å². The van der Waals surface area contributed by atoms with Crippen LogP contribution in [0.3, 0.4) is 0 Å². The monoisotopic (exact) mass is 238 g/mol. The molecule has 5 nitrogen and oxygen atoms in total. The molecule has 0 spiro atoms. The first-order valence-corrected chi connectivity index (χ1v) is 6.03. The lowest BCUT2D eigenvalue weighted by Gasteiger charge is -1.98. The molecule has 0 saturated carbocycles. The Bertz CT molecular complexity index is 409. The Balaban J connectivity index is 1.69. The van der Waals surface area contributed by atoms with Crippen LogP contribution in [0.5, 0.6) is 0 Å². The van der Waals surface area contributed by atoms with Gasteiger partial charge in [0.2, 0.25) is 5.89 Å². The topological polar surface area (TPSA) is 63.8 Å². The van der Waals surface area contributed by atoms with Crippen molar-refractivity contribution in [3.63, 3.8) is 0 Å². The molecule has 2 rings (SSSR count). The van der Waals surface area contributed by atoms with Crippen molar-refractivity contribution in [2.75, 3.05) is 6.54 Å². The molecule has 0 amide bonds. The number of thiazole rings is 1. The van der Waals surface area contributed by atoms with E-state index in [4.69, 9.17) is 4.52 Å². The lowest BCUT2D eigenvalue weighted by molar-refractivity contribution is 0.372. The number of nitrogens with one attached hydrogen (secondary N) is 1. The summed E-state index contributed by atoms with van der Waals surface area (Å²) < 4.78 is 5.01. The molecule has 0 atom stereocenters. The predicted molar refractivity (Wildman–Crippen MR) is 61.3 cm³/mol. The van der Waals surface area contributed by atoms with Gasteiger partial charge in [0.15, 0.2) is 5.82 Å². The molecule has 0 aliphatic carbocycles. The lowest BCUT2D eigenvalue weighted by atomic mass is 10.4. The Kier molecular flexibility index (Phi) is 3.63. The highest BCUT2D eigenvalue weighted by Gasteiger charge is 2.02.